The molecule has 1 saturated carbocycles. The summed E-state index contributed by atoms with van der Waals surface area (Å²) in [6.45, 7) is 0. The Hall–Kier alpha value is -1.78. The standard InChI is InChI=1S/C14H13BrFN3O4S/c1-19-12(13(20)21)11(7-17-19)24(22,23)18-14(2-3-14)8-4-9(15)6-10(16)5-8/h4-7,18H,2-3H2,1H3,(H,20,21). The van der Waals surface area contributed by atoms with E-state index in [2.05, 4.69) is 25.8 Å². The van der Waals surface area contributed by atoms with Gasteiger partial charge in [0.25, 0.3) is 0 Å². The van der Waals surface area contributed by atoms with Crippen LogP contribution in [0.15, 0.2) is 33.8 Å². The lowest BCUT2D eigenvalue weighted by atomic mass is 10.1. The van der Waals surface area contributed by atoms with E-state index in [4.69, 9.17) is 0 Å². The summed E-state index contributed by atoms with van der Waals surface area (Å²) in [5.74, 6) is -1.88. The van der Waals surface area contributed by atoms with Gasteiger partial charge in [0, 0.05) is 11.5 Å². The molecule has 0 aliphatic heterocycles. The van der Waals surface area contributed by atoms with E-state index < -0.39 is 37.9 Å². The highest BCUT2D eigenvalue weighted by molar-refractivity contribution is 9.10. The predicted molar refractivity (Wildman–Crippen MR) is 85.5 cm³/mol. The van der Waals surface area contributed by atoms with E-state index in [1.54, 1.807) is 6.07 Å². The number of sulfonamides is 1. The number of carboxylic acids is 1. The lowest BCUT2D eigenvalue weighted by Crippen LogP contribution is -2.35. The number of aromatic nitrogens is 2. The van der Waals surface area contributed by atoms with Crippen LogP contribution in [0.4, 0.5) is 4.39 Å². The van der Waals surface area contributed by atoms with Gasteiger partial charge in [-0.15, -0.1) is 0 Å². The number of nitrogens with one attached hydrogen (secondary N) is 1. The summed E-state index contributed by atoms with van der Waals surface area (Å²) in [6.07, 6.45) is 1.97. The maximum atomic E-state index is 13.6. The molecular weight excluding hydrogens is 405 g/mol. The van der Waals surface area contributed by atoms with Crippen molar-refractivity contribution in [3.63, 3.8) is 0 Å². The van der Waals surface area contributed by atoms with Gasteiger partial charge in [0.05, 0.1) is 11.7 Å². The maximum Gasteiger partial charge on any atom is 0.355 e. The highest BCUT2D eigenvalue weighted by Crippen LogP contribution is 2.47. The van der Waals surface area contributed by atoms with Crippen LogP contribution in [-0.2, 0) is 22.6 Å². The molecular formula is C14H13BrFN3O4S. The molecule has 3 rings (SSSR count). The lowest BCUT2D eigenvalue weighted by molar-refractivity contribution is 0.0680. The van der Waals surface area contributed by atoms with E-state index in [0.29, 0.717) is 22.9 Å². The lowest BCUT2D eigenvalue weighted by Gasteiger charge is -2.18. The van der Waals surface area contributed by atoms with E-state index in [-0.39, 0.29) is 0 Å². The fourth-order valence-corrected chi connectivity index (χ4v) is 4.65. The molecule has 0 unspecified atom stereocenters. The van der Waals surface area contributed by atoms with E-state index >= 15 is 0 Å². The van der Waals surface area contributed by atoms with Crippen LogP contribution in [0.3, 0.4) is 0 Å². The highest BCUT2D eigenvalue weighted by atomic mass is 79.9. The van der Waals surface area contributed by atoms with E-state index in [1.807, 2.05) is 0 Å². The number of aryl methyl sites for hydroxylation is 1. The Balaban J connectivity index is 2.00. The van der Waals surface area contributed by atoms with Crippen molar-refractivity contribution < 1.29 is 22.7 Å². The number of carboxylic acid groups (broad SMARTS) is 1. The summed E-state index contributed by atoms with van der Waals surface area (Å²) < 4.78 is 42.9. The number of carbonyl (C=O) groups is 1. The molecule has 0 spiro atoms. The first kappa shape index (κ1) is 17.1. The van der Waals surface area contributed by atoms with Crippen LogP contribution in [0, 0.1) is 5.82 Å². The molecule has 0 saturated heterocycles. The van der Waals surface area contributed by atoms with Crippen molar-refractivity contribution in [3.05, 3.63) is 45.9 Å². The number of nitrogens with zero attached hydrogens (tertiary/aromatic N) is 2. The second kappa shape index (κ2) is 5.64. The van der Waals surface area contributed by atoms with Gasteiger partial charge >= 0.3 is 5.97 Å². The third kappa shape index (κ3) is 2.96. The Kier molecular flexibility index (Phi) is 4.01. The summed E-state index contributed by atoms with van der Waals surface area (Å²) in [4.78, 5) is 10.9. The zero-order valence-electron chi connectivity index (χ0n) is 12.5. The van der Waals surface area contributed by atoms with Crippen LogP contribution < -0.4 is 4.72 Å². The molecule has 1 fully saturated rings. The quantitative estimate of drug-likeness (QED) is 0.774. The molecule has 2 aromatic rings. The molecule has 1 aliphatic carbocycles. The van der Waals surface area contributed by atoms with Crippen LogP contribution in [-0.4, -0.2) is 29.3 Å². The molecule has 0 radical (unpaired) electrons. The zero-order chi connectivity index (χ0) is 17.7. The van der Waals surface area contributed by atoms with Crippen LogP contribution in [0.5, 0.6) is 0 Å². The summed E-state index contributed by atoms with van der Waals surface area (Å²) in [7, 11) is -2.79. The normalized spacial score (nSPS) is 16.1. The first-order valence-electron chi connectivity index (χ1n) is 6.90. The average molecular weight is 418 g/mol. The molecule has 7 nitrogen and oxygen atoms in total. The SMILES string of the molecule is Cn1ncc(S(=O)(=O)NC2(c3cc(F)cc(Br)c3)CC2)c1C(=O)O. The van der Waals surface area contributed by atoms with Crippen molar-refractivity contribution in [2.75, 3.05) is 0 Å². The van der Waals surface area contributed by atoms with Crippen molar-refractivity contribution >= 4 is 31.9 Å². The molecule has 1 aromatic heterocycles. The van der Waals surface area contributed by atoms with Gasteiger partial charge in [-0.25, -0.2) is 22.3 Å². The molecule has 1 aliphatic rings. The Morgan fingerprint density at radius 3 is 2.62 bits per heavy atom. The van der Waals surface area contributed by atoms with E-state index in [0.717, 1.165) is 10.9 Å². The summed E-state index contributed by atoms with van der Waals surface area (Å²) in [5, 5.41) is 12.9. The second-order valence-electron chi connectivity index (χ2n) is 5.63. The number of benzene rings is 1. The van der Waals surface area contributed by atoms with Gasteiger partial charge in [0.2, 0.25) is 10.0 Å². The van der Waals surface area contributed by atoms with Gasteiger partial charge in [-0.05, 0) is 36.6 Å². The van der Waals surface area contributed by atoms with Crippen LogP contribution in [0.2, 0.25) is 0 Å². The molecule has 0 amide bonds. The molecule has 128 valence electrons. The van der Waals surface area contributed by atoms with E-state index in [1.165, 1.54) is 19.2 Å². The third-order valence-corrected chi connectivity index (χ3v) is 5.89. The summed E-state index contributed by atoms with van der Waals surface area (Å²) in [6, 6.07) is 4.18. The number of rotatable bonds is 5. The minimum Gasteiger partial charge on any atom is -0.476 e. The molecule has 10 heteroatoms. The first-order chi connectivity index (χ1) is 11.1. The van der Waals surface area contributed by atoms with Gasteiger partial charge in [-0.3, -0.25) is 4.68 Å². The van der Waals surface area contributed by atoms with E-state index in [9.17, 15) is 22.7 Å². The van der Waals surface area contributed by atoms with Gasteiger partial charge in [-0.2, -0.15) is 5.10 Å². The van der Waals surface area contributed by atoms with Crippen molar-refractivity contribution in [1.82, 2.24) is 14.5 Å². The number of halogens is 2. The summed E-state index contributed by atoms with van der Waals surface area (Å²) >= 11 is 3.18. The second-order valence-corrected chi connectivity index (χ2v) is 8.20. The first-order valence-corrected chi connectivity index (χ1v) is 9.18. The fourth-order valence-electron chi connectivity index (χ4n) is 2.57. The molecule has 0 bridgehead atoms. The largest absolute Gasteiger partial charge is 0.476 e. The van der Waals surface area contributed by atoms with Gasteiger partial charge in [0.15, 0.2) is 5.69 Å². The minimum atomic E-state index is -4.14. The van der Waals surface area contributed by atoms with Crippen molar-refractivity contribution in [3.8, 4) is 0 Å². The Bertz CT molecular complexity index is 917. The average Bonchev–Trinajstić information content (AvgIpc) is 3.10. The predicted octanol–water partition coefficient (Wildman–Crippen LogP) is 1.99. The maximum absolute atomic E-state index is 13.6. The Morgan fingerprint density at radius 1 is 1.42 bits per heavy atom. The van der Waals surface area contributed by atoms with Crippen molar-refractivity contribution in [2.24, 2.45) is 7.05 Å². The number of hydrogen-bond donors (Lipinski definition) is 2. The van der Waals surface area contributed by atoms with Gasteiger partial charge in [0.1, 0.15) is 10.7 Å². The van der Waals surface area contributed by atoms with Crippen LogP contribution in [0.25, 0.3) is 0 Å². The highest BCUT2D eigenvalue weighted by Gasteiger charge is 2.48. The summed E-state index contributed by atoms with van der Waals surface area (Å²) in [5.41, 5.74) is -0.882. The van der Waals surface area contributed by atoms with Crippen LogP contribution in [0.1, 0.15) is 28.9 Å². The zero-order valence-corrected chi connectivity index (χ0v) is 14.9. The molecule has 1 aromatic carbocycles. The smallest absolute Gasteiger partial charge is 0.355 e. The van der Waals surface area contributed by atoms with Gasteiger partial charge in [-0.1, -0.05) is 15.9 Å². The molecule has 2 N–H and O–H groups in total. The molecule has 0 atom stereocenters. The van der Waals surface area contributed by atoms with Crippen molar-refractivity contribution in [1.29, 1.82) is 0 Å². The topological polar surface area (TPSA) is 101 Å². The molecule has 1 heterocycles. The minimum absolute atomic E-state index is 0.417. The molecule has 24 heavy (non-hydrogen) atoms. The monoisotopic (exact) mass is 417 g/mol. The number of hydrogen-bond acceptors (Lipinski definition) is 4. The van der Waals surface area contributed by atoms with Crippen molar-refractivity contribution in [2.45, 2.75) is 23.3 Å². The fraction of sp³-hybridized carbons (Fsp3) is 0.286. The third-order valence-electron chi connectivity index (χ3n) is 3.89. The number of aromatic carboxylic acids is 1. The van der Waals surface area contributed by atoms with Crippen LogP contribution >= 0.6 is 15.9 Å². The van der Waals surface area contributed by atoms with Gasteiger partial charge < -0.3 is 5.11 Å². The Labute approximate surface area is 145 Å². The Morgan fingerprint density at radius 2 is 2.08 bits per heavy atom.